The molecule has 0 aromatic rings. The van der Waals surface area contributed by atoms with Gasteiger partial charge in [0.25, 0.3) is 0 Å². The first-order valence-corrected chi connectivity index (χ1v) is 23.2. The van der Waals surface area contributed by atoms with E-state index in [2.05, 4.69) is 80.1 Å². The van der Waals surface area contributed by atoms with Crippen molar-refractivity contribution >= 4 is 24.8 Å². The van der Waals surface area contributed by atoms with Crippen molar-refractivity contribution < 1.29 is 38.1 Å². The summed E-state index contributed by atoms with van der Waals surface area (Å²) in [5.41, 5.74) is 2.02. The highest BCUT2D eigenvalue weighted by atomic mass is 32.1. The second-order valence-electron chi connectivity index (χ2n) is 18.0. The predicted molar refractivity (Wildman–Crippen MR) is 227 cm³/mol. The van der Waals surface area contributed by atoms with Crippen LogP contribution >= 0.6 is 12.9 Å². The molecule has 0 heterocycles. The molecule has 0 aliphatic heterocycles. The molecule has 3 fully saturated rings. The molecule has 4 rings (SSSR count). The molecule has 9 atom stereocenters. The van der Waals surface area contributed by atoms with Crippen LogP contribution < -0.4 is 0 Å². The van der Waals surface area contributed by atoms with Crippen molar-refractivity contribution in [3.8, 4) is 0 Å². The van der Waals surface area contributed by atoms with Gasteiger partial charge >= 0.3 is 11.9 Å². The zero-order valence-electron chi connectivity index (χ0n) is 35.6. The average Bonchev–Trinajstić information content (AvgIpc) is 3.52. The summed E-state index contributed by atoms with van der Waals surface area (Å²) in [5, 5.41) is 8.79. The van der Waals surface area contributed by atoms with Crippen molar-refractivity contribution in [2.75, 3.05) is 13.2 Å². The molecule has 320 valence electrons. The van der Waals surface area contributed by atoms with Gasteiger partial charge in [0.05, 0.1) is 18.8 Å². The molecule has 4 aliphatic carbocycles. The largest absolute Gasteiger partial charge is 0.463 e. The lowest BCUT2D eigenvalue weighted by Gasteiger charge is -2.58. The average molecular weight is 803 g/mol. The summed E-state index contributed by atoms with van der Waals surface area (Å²) in [6.45, 7) is 9.46. The van der Waals surface area contributed by atoms with Crippen LogP contribution in [0.5, 0.6) is 0 Å². The van der Waals surface area contributed by atoms with Crippen molar-refractivity contribution in [2.24, 2.45) is 28.6 Å². The zero-order chi connectivity index (χ0) is 40.2. The number of carbonyl (C=O) groups excluding carboxylic acids is 2. The topological polar surface area (TPSA) is 101 Å². The van der Waals surface area contributed by atoms with Gasteiger partial charge in [-0.15, -0.1) is 0 Å². The Bertz CT molecular complexity index is 1250. The highest BCUT2D eigenvalue weighted by Crippen LogP contribution is 2.66. The number of allylic oxidation sites excluding steroid dienone is 3. The summed E-state index contributed by atoms with van der Waals surface area (Å²) in [4.78, 5) is 29.0. The molecule has 0 spiro atoms. The fourth-order valence-corrected chi connectivity index (χ4v) is 10.9. The van der Waals surface area contributed by atoms with E-state index in [4.69, 9.17) is 19.5 Å². The Kier molecular flexibility index (Phi) is 21.1. The van der Waals surface area contributed by atoms with Gasteiger partial charge in [0.2, 0.25) is 0 Å². The summed E-state index contributed by atoms with van der Waals surface area (Å²) in [6.07, 6.45) is 36.9. The van der Waals surface area contributed by atoms with E-state index in [9.17, 15) is 9.59 Å². The summed E-state index contributed by atoms with van der Waals surface area (Å²) < 4.78 is 22.9. The fourth-order valence-electron chi connectivity index (χ4n) is 10.7. The van der Waals surface area contributed by atoms with Gasteiger partial charge in [0.15, 0.2) is 6.10 Å². The minimum absolute atomic E-state index is 0.0134. The van der Waals surface area contributed by atoms with E-state index in [1.807, 2.05) is 0 Å². The summed E-state index contributed by atoms with van der Waals surface area (Å²) in [7, 11) is 0. The standard InChI is InChI=1S/C47H78O8S/c1-5-7-9-14-17-21-37(22-18-15-12-11-13-16-20-23-44(48)51-34-39(55-50)35-52-56)53-38-29-31-46(3)36(33-38)25-26-40-41-27-28-43(47(41,4)32-30-42(40)46)54-45(49)24-19-10-8-6-2/h17-18,21-22,33,37-43,50,56H,5-16,19-20,23-32,34-35H2,1-4H3/t37?,38?,39?,40-,41-,42-,43-,46-,47-/m0/s1. The van der Waals surface area contributed by atoms with Crippen LogP contribution in [0, 0.1) is 28.6 Å². The molecule has 0 aromatic carbocycles. The smallest absolute Gasteiger partial charge is 0.306 e. The lowest BCUT2D eigenvalue weighted by atomic mass is 9.47. The van der Waals surface area contributed by atoms with E-state index >= 15 is 0 Å². The Morgan fingerprint density at radius 3 is 2.18 bits per heavy atom. The molecule has 8 nitrogen and oxygen atoms in total. The maximum absolute atomic E-state index is 12.8. The van der Waals surface area contributed by atoms with Gasteiger partial charge in [0, 0.05) is 18.3 Å². The van der Waals surface area contributed by atoms with Crippen LogP contribution in [0.3, 0.4) is 0 Å². The van der Waals surface area contributed by atoms with E-state index in [0.717, 1.165) is 76.5 Å². The van der Waals surface area contributed by atoms with Crippen molar-refractivity contribution in [3.05, 3.63) is 36.0 Å². The van der Waals surface area contributed by atoms with Gasteiger partial charge in [-0.05, 0) is 126 Å². The number of esters is 2. The molecule has 0 aromatic heterocycles. The Hall–Kier alpha value is -1.65. The van der Waals surface area contributed by atoms with Crippen LogP contribution in [0.1, 0.15) is 182 Å². The second-order valence-corrected chi connectivity index (χ2v) is 18.2. The molecule has 0 amide bonds. The number of ether oxygens (including phenoxy) is 3. The van der Waals surface area contributed by atoms with E-state index < -0.39 is 6.10 Å². The molecular weight excluding hydrogens is 725 g/mol. The minimum Gasteiger partial charge on any atom is -0.463 e. The zero-order valence-corrected chi connectivity index (χ0v) is 36.5. The molecular formula is C47H78O8S. The molecule has 1 N–H and O–H groups in total. The van der Waals surface area contributed by atoms with Crippen LogP contribution in [0.15, 0.2) is 36.0 Å². The molecule has 3 saturated carbocycles. The number of fused-ring (bicyclic) bond motifs is 5. The summed E-state index contributed by atoms with van der Waals surface area (Å²) >= 11 is 3.63. The fraction of sp³-hybridized carbons (Fsp3) is 0.830. The van der Waals surface area contributed by atoms with Gasteiger partial charge in [0.1, 0.15) is 12.7 Å². The summed E-state index contributed by atoms with van der Waals surface area (Å²) in [5.74, 6) is 1.85. The lowest BCUT2D eigenvalue weighted by molar-refractivity contribution is -0.289. The Labute approximate surface area is 345 Å². The molecule has 56 heavy (non-hydrogen) atoms. The van der Waals surface area contributed by atoms with Crippen LogP contribution in [0.25, 0.3) is 0 Å². The Morgan fingerprint density at radius 2 is 1.46 bits per heavy atom. The van der Waals surface area contributed by atoms with E-state index in [1.165, 1.54) is 70.6 Å². The van der Waals surface area contributed by atoms with Crippen LogP contribution in [0.2, 0.25) is 0 Å². The minimum atomic E-state index is -0.729. The SMILES string of the molecule is CCCCCC=CC(C=CCCCCCCCC(=O)OCC(COS)OO)OC1C=C2CC[C@H]3[C@@H]4CC[C@H](OC(=O)CCCCCC)[C@@]4(C)CC[C@@H]3[C@@]2(C)CC1. The second kappa shape index (κ2) is 25.1. The first-order chi connectivity index (χ1) is 27.2. The quantitative estimate of drug-likeness (QED) is 0.0161. The van der Waals surface area contributed by atoms with Crippen molar-refractivity contribution in [3.63, 3.8) is 0 Å². The van der Waals surface area contributed by atoms with Gasteiger partial charge in [-0.3, -0.25) is 14.8 Å². The lowest BCUT2D eigenvalue weighted by Crippen LogP contribution is -2.52. The van der Waals surface area contributed by atoms with Gasteiger partial charge in [-0.1, -0.05) is 115 Å². The number of hydrogen-bond donors (Lipinski definition) is 2. The predicted octanol–water partition coefficient (Wildman–Crippen LogP) is 12.3. The van der Waals surface area contributed by atoms with Crippen LogP contribution in [-0.2, 0) is 32.9 Å². The maximum atomic E-state index is 12.8. The summed E-state index contributed by atoms with van der Waals surface area (Å²) in [6, 6.07) is 0. The number of hydrogen-bond acceptors (Lipinski definition) is 9. The number of thiol groups is 1. The van der Waals surface area contributed by atoms with Gasteiger partial charge in [-0.2, -0.15) is 0 Å². The van der Waals surface area contributed by atoms with E-state index in [0.29, 0.717) is 24.7 Å². The highest BCUT2D eigenvalue weighted by Gasteiger charge is 2.60. The first kappa shape index (κ1) is 47.0. The van der Waals surface area contributed by atoms with Gasteiger partial charge in [-0.25, -0.2) is 4.89 Å². The van der Waals surface area contributed by atoms with Crippen molar-refractivity contribution in [2.45, 2.75) is 206 Å². The maximum Gasteiger partial charge on any atom is 0.306 e. The molecule has 0 saturated heterocycles. The normalized spacial score (nSPS) is 29.8. The van der Waals surface area contributed by atoms with E-state index in [-0.39, 0.29) is 54.3 Å². The number of unbranched alkanes of at least 4 members (excludes halogenated alkanes) is 11. The molecule has 4 aliphatic rings. The third-order valence-electron chi connectivity index (χ3n) is 14.0. The van der Waals surface area contributed by atoms with Gasteiger partial charge < -0.3 is 18.4 Å². The number of rotatable bonds is 27. The van der Waals surface area contributed by atoms with Crippen molar-refractivity contribution in [1.29, 1.82) is 0 Å². The van der Waals surface area contributed by atoms with Crippen molar-refractivity contribution in [1.82, 2.24) is 0 Å². The third kappa shape index (κ3) is 14.0. The monoisotopic (exact) mass is 803 g/mol. The third-order valence-corrected chi connectivity index (χ3v) is 14.2. The van der Waals surface area contributed by atoms with E-state index in [1.54, 1.807) is 5.57 Å². The molecule has 3 unspecified atom stereocenters. The Balaban J connectivity index is 1.24. The van der Waals surface area contributed by atoms with Crippen LogP contribution in [-0.4, -0.2) is 54.8 Å². The van der Waals surface area contributed by atoms with Crippen LogP contribution in [0.4, 0.5) is 0 Å². The highest BCUT2D eigenvalue weighted by molar-refractivity contribution is 7.75. The molecule has 0 bridgehead atoms. The first-order valence-electron chi connectivity index (χ1n) is 22.8. The Morgan fingerprint density at radius 1 is 0.804 bits per heavy atom. The molecule has 9 heteroatoms. The molecule has 0 radical (unpaired) electrons. The number of carbonyl (C=O) groups is 2.